The van der Waals surface area contributed by atoms with Crippen LogP contribution in [0.2, 0.25) is 5.02 Å². The predicted molar refractivity (Wildman–Crippen MR) is 95.1 cm³/mol. The first-order valence-corrected chi connectivity index (χ1v) is 8.75. The van der Waals surface area contributed by atoms with E-state index in [-0.39, 0.29) is 18.6 Å². The Morgan fingerprint density at radius 3 is 2.84 bits per heavy atom. The van der Waals surface area contributed by atoms with Crippen molar-refractivity contribution < 1.29 is 14.3 Å². The molecule has 2 aromatic rings. The number of carbonyl (C=O) groups excluding carboxylic acids is 1. The monoisotopic (exact) mass is 358 g/mol. The quantitative estimate of drug-likeness (QED) is 0.896. The Balaban J connectivity index is 1.56. The number of piperazine rings is 1. The van der Waals surface area contributed by atoms with Gasteiger partial charge in [0.15, 0.2) is 11.5 Å². The van der Waals surface area contributed by atoms with Crippen molar-refractivity contribution in [3.63, 3.8) is 0 Å². The fourth-order valence-electron chi connectivity index (χ4n) is 3.31. The minimum atomic E-state index is -0.630. The number of para-hydroxylation sites is 2. The molecule has 6 heteroatoms. The molecule has 2 unspecified atom stereocenters. The van der Waals surface area contributed by atoms with E-state index in [2.05, 4.69) is 5.32 Å². The molecule has 2 aliphatic heterocycles. The lowest BCUT2D eigenvalue weighted by molar-refractivity contribution is -0.144. The summed E-state index contributed by atoms with van der Waals surface area (Å²) in [5, 5.41) is 4.02. The van der Waals surface area contributed by atoms with Gasteiger partial charge in [-0.3, -0.25) is 4.79 Å². The number of benzene rings is 2. The number of nitrogens with one attached hydrogen (secondary N) is 1. The van der Waals surface area contributed by atoms with Crippen molar-refractivity contribution in [3.8, 4) is 11.5 Å². The molecule has 25 heavy (non-hydrogen) atoms. The van der Waals surface area contributed by atoms with E-state index in [1.54, 1.807) is 0 Å². The van der Waals surface area contributed by atoms with Crippen LogP contribution in [-0.4, -0.2) is 43.2 Å². The molecule has 2 aromatic carbocycles. The Morgan fingerprint density at radius 1 is 1.16 bits per heavy atom. The second kappa shape index (κ2) is 6.94. The summed E-state index contributed by atoms with van der Waals surface area (Å²) < 4.78 is 11.6. The van der Waals surface area contributed by atoms with Gasteiger partial charge in [-0.05, 0) is 29.8 Å². The number of halogens is 1. The third-order valence-corrected chi connectivity index (χ3v) is 4.78. The van der Waals surface area contributed by atoms with Crippen molar-refractivity contribution in [2.45, 2.75) is 12.1 Å². The zero-order chi connectivity index (χ0) is 17.2. The first kappa shape index (κ1) is 16.2. The Morgan fingerprint density at radius 2 is 2.00 bits per heavy atom. The van der Waals surface area contributed by atoms with Crippen molar-refractivity contribution in [3.05, 3.63) is 59.1 Å². The average molecular weight is 359 g/mol. The fraction of sp³-hybridized carbons (Fsp3) is 0.316. The summed E-state index contributed by atoms with van der Waals surface area (Å²) in [6, 6.07) is 15.0. The Bertz CT molecular complexity index is 783. The van der Waals surface area contributed by atoms with E-state index in [9.17, 15) is 4.79 Å². The van der Waals surface area contributed by atoms with Crippen molar-refractivity contribution in [2.75, 3.05) is 26.2 Å². The van der Waals surface area contributed by atoms with E-state index in [1.807, 2.05) is 53.4 Å². The van der Waals surface area contributed by atoms with Crippen LogP contribution < -0.4 is 14.8 Å². The number of carbonyl (C=O) groups is 1. The van der Waals surface area contributed by atoms with E-state index in [1.165, 1.54) is 0 Å². The molecule has 0 aromatic heterocycles. The molecular formula is C19H19ClN2O3. The molecule has 1 saturated heterocycles. The van der Waals surface area contributed by atoms with Gasteiger partial charge in [-0.2, -0.15) is 0 Å². The number of rotatable bonds is 2. The minimum Gasteiger partial charge on any atom is -0.485 e. The van der Waals surface area contributed by atoms with E-state index in [0.717, 1.165) is 12.1 Å². The van der Waals surface area contributed by atoms with Gasteiger partial charge in [0.05, 0.1) is 6.04 Å². The molecule has 0 aliphatic carbocycles. The molecule has 0 bridgehead atoms. The van der Waals surface area contributed by atoms with Gasteiger partial charge in [0, 0.05) is 24.7 Å². The number of ether oxygens (including phenoxy) is 2. The summed E-state index contributed by atoms with van der Waals surface area (Å²) in [4.78, 5) is 15.0. The van der Waals surface area contributed by atoms with Crippen LogP contribution in [0.5, 0.6) is 11.5 Å². The fourth-order valence-corrected chi connectivity index (χ4v) is 3.50. The largest absolute Gasteiger partial charge is 0.485 e. The lowest BCUT2D eigenvalue weighted by Gasteiger charge is -2.39. The minimum absolute atomic E-state index is 0.0546. The number of hydrogen-bond donors (Lipinski definition) is 1. The van der Waals surface area contributed by atoms with Crippen molar-refractivity contribution in [2.24, 2.45) is 0 Å². The highest BCUT2D eigenvalue weighted by molar-refractivity contribution is 6.30. The van der Waals surface area contributed by atoms with Crippen molar-refractivity contribution >= 4 is 17.5 Å². The van der Waals surface area contributed by atoms with E-state index < -0.39 is 6.10 Å². The van der Waals surface area contributed by atoms with Crippen LogP contribution in [0.15, 0.2) is 48.5 Å². The van der Waals surface area contributed by atoms with Crippen LogP contribution in [0.25, 0.3) is 0 Å². The second-order valence-electron chi connectivity index (χ2n) is 6.17. The highest BCUT2D eigenvalue weighted by Crippen LogP contribution is 2.32. The van der Waals surface area contributed by atoms with Crippen LogP contribution in [0.3, 0.4) is 0 Å². The van der Waals surface area contributed by atoms with Crippen LogP contribution in [0, 0.1) is 0 Å². The predicted octanol–water partition coefficient (Wildman–Crippen LogP) is 2.65. The molecule has 2 atom stereocenters. The zero-order valence-electron chi connectivity index (χ0n) is 13.7. The summed E-state index contributed by atoms with van der Waals surface area (Å²) in [7, 11) is 0. The van der Waals surface area contributed by atoms with Gasteiger partial charge < -0.3 is 19.7 Å². The maximum absolute atomic E-state index is 13.1. The third kappa shape index (κ3) is 3.30. The lowest BCUT2D eigenvalue weighted by atomic mass is 10.0. The summed E-state index contributed by atoms with van der Waals surface area (Å²) in [6.45, 7) is 2.29. The van der Waals surface area contributed by atoms with Crippen LogP contribution in [0.4, 0.5) is 0 Å². The third-order valence-electron chi connectivity index (χ3n) is 4.54. The molecule has 4 rings (SSSR count). The number of hydrogen-bond acceptors (Lipinski definition) is 4. The van der Waals surface area contributed by atoms with Gasteiger partial charge in [0.1, 0.15) is 6.61 Å². The normalized spacial score (nSPS) is 22.5. The molecule has 2 aliphatic rings. The highest BCUT2D eigenvalue weighted by Gasteiger charge is 2.36. The molecule has 0 saturated carbocycles. The molecule has 2 heterocycles. The maximum atomic E-state index is 13.1. The zero-order valence-corrected chi connectivity index (χ0v) is 14.4. The Labute approximate surface area is 151 Å². The highest BCUT2D eigenvalue weighted by atomic mass is 35.5. The van der Waals surface area contributed by atoms with Gasteiger partial charge in [-0.25, -0.2) is 0 Å². The summed E-state index contributed by atoms with van der Waals surface area (Å²) in [5.74, 6) is 1.24. The van der Waals surface area contributed by atoms with Crippen molar-refractivity contribution in [1.82, 2.24) is 10.2 Å². The molecule has 1 amide bonds. The molecule has 0 radical (unpaired) electrons. The van der Waals surface area contributed by atoms with E-state index in [0.29, 0.717) is 29.6 Å². The number of nitrogens with zero attached hydrogens (tertiary/aromatic N) is 1. The first-order chi connectivity index (χ1) is 12.2. The Hall–Kier alpha value is -2.24. The van der Waals surface area contributed by atoms with Crippen molar-refractivity contribution in [1.29, 1.82) is 0 Å². The van der Waals surface area contributed by atoms with Crippen LogP contribution >= 0.6 is 11.6 Å². The molecule has 0 spiro atoms. The van der Waals surface area contributed by atoms with Gasteiger partial charge >= 0.3 is 0 Å². The molecule has 130 valence electrons. The molecular weight excluding hydrogens is 340 g/mol. The van der Waals surface area contributed by atoms with Gasteiger partial charge in [-0.15, -0.1) is 0 Å². The molecule has 1 N–H and O–H groups in total. The number of amides is 1. The van der Waals surface area contributed by atoms with E-state index >= 15 is 0 Å². The molecule has 5 nitrogen and oxygen atoms in total. The van der Waals surface area contributed by atoms with Gasteiger partial charge in [-0.1, -0.05) is 35.9 Å². The van der Waals surface area contributed by atoms with Crippen LogP contribution in [0.1, 0.15) is 11.6 Å². The first-order valence-electron chi connectivity index (χ1n) is 8.37. The smallest absolute Gasteiger partial charge is 0.267 e. The molecule has 1 fully saturated rings. The summed E-state index contributed by atoms with van der Waals surface area (Å²) in [6.07, 6.45) is -0.630. The Kier molecular flexibility index (Phi) is 4.51. The second-order valence-corrected chi connectivity index (χ2v) is 6.61. The van der Waals surface area contributed by atoms with Gasteiger partial charge in [0.25, 0.3) is 5.91 Å². The lowest BCUT2D eigenvalue weighted by Crippen LogP contribution is -2.54. The average Bonchev–Trinajstić information content (AvgIpc) is 2.67. The standard InChI is InChI=1S/C19H19ClN2O3/c20-14-5-3-4-13(10-14)15-11-21-8-9-22(15)19(23)18-12-24-16-6-1-2-7-17(16)25-18/h1-7,10,15,18,21H,8-9,11-12H2. The number of fused-ring (bicyclic) bond motifs is 1. The van der Waals surface area contributed by atoms with Crippen LogP contribution in [-0.2, 0) is 4.79 Å². The summed E-state index contributed by atoms with van der Waals surface area (Å²) >= 11 is 6.13. The van der Waals surface area contributed by atoms with Gasteiger partial charge in [0.2, 0.25) is 6.10 Å². The SMILES string of the molecule is O=C(C1COc2ccccc2O1)N1CCNCC1c1cccc(Cl)c1. The summed E-state index contributed by atoms with van der Waals surface area (Å²) in [5.41, 5.74) is 1.02. The topological polar surface area (TPSA) is 50.8 Å². The maximum Gasteiger partial charge on any atom is 0.267 e. The van der Waals surface area contributed by atoms with E-state index in [4.69, 9.17) is 21.1 Å².